The van der Waals surface area contributed by atoms with Gasteiger partial charge in [-0.3, -0.25) is 14.4 Å². The van der Waals surface area contributed by atoms with Crippen LogP contribution in [-0.4, -0.2) is 53.2 Å². The minimum absolute atomic E-state index is 0.00929. The summed E-state index contributed by atoms with van der Waals surface area (Å²) < 4.78 is 42.7. The Hall–Kier alpha value is -4.19. The van der Waals surface area contributed by atoms with E-state index in [0.717, 1.165) is 11.1 Å². The summed E-state index contributed by atoms with van der Waals surface area (Å²) in [6.45, 7) is 8.78. The zero-order valence-electron chi connectivity index (χ0n) is 24.0. The molecule has 1 atom stereocenters. The monoisotopic (exact) mass is 584 g/mol. The Bertz CT molecular complexity index is 1470. The number of anilines is 2. The van der Waals surface area contributed by atoms with E-state index in [2.05, 4.69) is 24.3 Å². The number of likely N-dealkylation sites (N-methyl/N-ethyl adjacent to an activating group) is 1. The van der Waals surface area contributed by atoms with Gasteiger partial charge in [0.15, 0.2) is 5.69 Å². The lowest BCUT2D eigenvalue weighted by Gasteiger charge is -2.29. The molecule has 0 bridgehead atoms. The van der Waals surface area contributed by atoms with Crippen molar-refractivity contribution in [1.82, 2.24) is 15.1 Å². The highest BCUT2D eigenvalue weighted by atomic mass is 19.4. The van der Waals surface area contributed by atoms with Crippen LogP contribution in [0.2, 0.25) is 0 Å². The molecule has 0 saturated carbocycles. The number of primary amides is 1. The number of benzene rings is 2. The van der Waals surface area contributed by atoms with Crippen LogP contribution in [0.3, 0.4) is 0 Å². The van der Waals surface area contributed by atoms with Gasteiger partial charge in [-0.25, -0.2) is 4.68 Å². The van der Waals surface area contributed by atoms with Gasteiger partial charge in [-0.05, 0) is 75.1 Å². The van der Waals surface area contributed by atoms with E-state index in [-0.39, 0.29) is 54.0 Å². The fourth-order valence-corrected chi connectivity index (χ4v) is 5.27. The van der Waals surface area contributed by atoms with Gasteiger partial charge in [0.25, 0.3) is 5.91 Å². The molecule has 3 N–H and O–H groups in total. The Morgan fingerprint density at radius 2 is 1.79 bits per heavy atom. The molecule has 42 heavy (non-hydrogen) atoms. The number of nitrogens with one attached hydrogen (secondary N) is 1. The van der Waals surface area contributed by atoms with Crippen LogP contribution in [0.4, 0.5) is 24.5 Å². The fourth-order valence-electron chi connectivity index (χ4n) is 5.27. The molecule has 2 aromatic carbocycles. The molecule has 0 radical (unpaired) electrons. The topological polar surface area (TPSA) is 114 Å². The summed E-state index contributed by atoms with van der Waals surface area (Å²) in [6.07, 6.45) is -3.91. The number of alkyl halides is 3. The first kappa shape index (κ1) is 30.8. The predicted molar refractivity (Wildman–Crippen MR) is 154 cm³/mol. The lowest BCUT2D eigenvalue weighted by molar-refractivity contribution is -0.142. The SMILES string of the molecule is CCN(C(=O)CNC(C)CC(C)C)c1ccc(N2CCc3c(C(F)(F)F)nn(-c4cccc(C(N)=O)c4)c3C2=O)cc1. The summed E-state index contributed by atoms with van der Waals surface area (Å²) in [5, 5.41) is 7.03. The van der Waals surface area contributed by atoms with E-state index < -0.39 is 23.7 Å². The summed E-state index contributed by atoms with van der Waals surface area (Å²) in [6, 6.07) is 12.6. The standard InChI is InChI=1S/C30H35F3N6O3/c1-5-37(25(40)17-35-19(4)15-18(2)3)21-9-11-22(12-10-21)38-14-13-24-26(29(38)42)39(36-27(24)30(31,32)33)23-8-6-7-20(16-23)28(34)41/h6-12,16,18-19,35H,5,13-15,17H2,1-4H3,(H2,34,41). The molecule has 4 rings (SSSR count). The number of nitrogens with zero attached hydrogens (tertiary/aromatic N) is 4. The van der Waals surface area contributed by atoms with Crippen LogP contribution in [0.1, 0.15) is 66.2 Å². The average Bonchev–Trinajstić information content (AvgIpc) is 3.34. The number of rotatable bonds is 10. The highest BCUT2D eigenvalue weighted by molar-refractivity contribution is 6.08. The summed E-state index contributed by atoms with van der Waals surface area (Å²) >= 11 is 0. The Labute approximate surface area is 242 Å². The third kappa shape index (κ3) is 6.48. The molecule has 1 aromatic heterocycles. The van der Waals surface area contributed by atoms with Crippen molar-refractivity contribution in [2.24, 2.45) is 11.7 Å². The molecule has 1 aliphatic rings. The smallest absolute Gasteiger partial charge is 0.366 e. The second kappa shape index (κ2) is 12.4. The molecule has 0 fully saturated rings. The maximum absolute atomic E-state index is 13.9. The molecule has 9 nitrogen and oxygen atoms in total. The highest BCUT2D eigenvalue weighted by Crippen LogP contribution is 2.37. The maximum atomic E-state index is 13.9. The van der Waals surface area contributed by atoms with Crippen molar-refractivity contribution in [3.05, 3.63) is 71.0 Å². The van der Waals surface area contributed by atoms with Crippen LogP contribution in [0.15, 0.2) is 48.5 Å². The Balaban J connectivity index is 1.61. The first-order chi connectivity index (χ1) is 19.8. The van der Waals surface area contributed by atoms with Crippen molar-refractivity contribution in [1.29, 1.82) is 0 Å². The number of aromatic nitrogens is 2. The second-order valence-corrected chi connectivity index (χ2v) is 10.8. The van der Waals surface area contributed by atoms with Crippen molar-refractivity contribution in [3.8, 4) is 5.69 Å². The summed E-state index contributed by atoms with van der Waals surface area (Å²) in [4.78, 5) is 41.4. The van der Waals surface area contributed by atoms with Crippen molar-refractivity contribution in [2.75, 3.05) is 29.4 Å². The molecule has 3 aromatic rings. The summed E-state index contributed by atoms with van der Waals surface area (Å²) in [5.74, 6) is -1.02. The second-order valence-electron chi connectivity index (χ2n) is 10.8. The van der Waals surface area contributed by atoms with Crippen LogP contribution >= 0.6 is 0 Å². The molecule has 12 heteroatoms. The van der Waals surface area contributed by atoms with Crippen LogP contribution in [0.25, 0.3) is 5.69 Å². The molecule has 1 aliphatic heterocycles. The molecule has 3 amide bonds. The number of carbonyl (C=O) groups is 3. The van der Waals surface area contributed by atoms with E-state index in [9.17, 15) is 27.6 Å². The first-order valence-electron chi connectivity index (χ1n) is 13.9. The van der Waals surface area contributed by atoms with Crippen molar-refractivity contribution >= 4 is 29.1 Å². The van der Waals surface area contributed by atoms with E-state index >= 15 is 0 Å². The molecule has 0 spiro atoms. The predicted octanol–water partition coefficient (Wildman–Crippen LogP) is 4.57. The van der Waals surface area contributed by atoms with Gasteiger partial charge in [-0.1, -0.05) is 19.9 Å². The Morgan fingerprint density at radius 3 is 2.38 bits per heavy atom. The lowest BCUT2D eigenvalue weighted by Crippen LogP contribution is -2.41. The number of fused-ring (bicyclic) bond motifs is 1. The first-order valence-corrected chi connectivity index (χ1v) is 13.9. The normalized spacial score (nSPS) is 14.2. The molecule has 224 valence electrons. The number of hydrogen-bond acceptors (Lipinski definition) is 5. The Kier molecular flexibility index (Phi) is 9.05. The minimum Gasteiger partial charge on any atom is -0.366 e. The number of nitrogens with two attached hydrogens (primary N) is 1. The summed E-state index contributed by atoms with van der Waals surface area (Å²) in [5.41, 5.74) is 5.07. The van der Waals surface area contributed by atoms with Crippen LogP contribution in [-0.2, 0) is 17.4 Å². The molecular formula is C30H35F3N6O3. The number of amides is 3. The molecule has 0 saturated heterocycles. The molecule has 1 unspecified atom stereocenters. The average molecular weight is 585 g/mol. The van der Waals surface area contributed by atoms with Gasteiger partial charge >= 0.3 is 6.18 Å². The van der Waals surface area contributed by atoms with Gasteiger partial charge in [-0.15, -0.1) is 0 Å². The van der Waals surface area contributed by atoms with Crippen LogP contribution in [0.5, 0.6) is 0 Å². The lowest BCUT2D eigenvalue weighted by atomic mass is 10.0. The van der Waals surface area contributed by atoms with E-state index in [1.54, 1.807) is 29.2 Å². The molecule has 2 heterocycles. The van der Waals surface area contributed by atoms with Crippen LogP contribution < -0.4 is 20.9 Å². The van der Waals surface area contributed by atoms with Gasteiger partial charge in [0, 0.05) is 41.6 Å². The molecule has 0 aliphatic carbocycles. The zero-order chi connectivity index (χ0) is 30.8. The van der Waals surface area contributed by atoms with Gasteiger partial charge in [0.2, 0.25) is 11.8 Å². The number of hydrogen-bond donors (Lipinski definition) is 2. The van der Waals surface area contributed by atoms with Gasteiger partial charge in [0.1, 0.15) is 5.69 Å². The maximum Gasteiger partial charge on any atom is 0.435 e. The van der Waals surface area contributed by atoms with Gasteiger partial charge in [-0.2, -0.15) is 18.3 Å². The van der Waals surface area contributed by atoms with Crippen molar-refractivity contribution in [3.63, 3.8) is 0 Å². The highest BCUT2D eigenvalue weighted by Gasteiger charge is 2.43. The van der Waals surface area contributed by atoms with E-state index in [0.29, 0.717) is 23.8 Å². The fraction of sp³-hybridized carbons (Fsp3) is 0.400. The third-order valence-corrected chi connectivity index (χ3v) is 7.18. The van der Waals surface area contributed by atoms with Crippen molar-refractivity contribution < 1.29 is 27.6 Å². The zero-order valence-corrected chi connectivity index (χ0v) is 24.0. The molecular weight excluding hydrogens is 549 g/mol. The quantitative estimate of drug-likeness (QED) is 0.363. The van der Waals surface area contributed by atoms with Crippen LogP contribution in [0, 0.1) is 5.92 Å². The third-order valence-electron chi connectivity index (χ3n) is 7.18. The van der Waals surface area contributed by atoms with Gasteiger partial charge in [0.05, 0.1) is 12.2 Å². The number of carbonyl (C=O) groups excluding carboxylic acids is 3. The van der Waals surface area contributed by atoms with Crippen molar-refractivity contribution in [2.45, 2.75) is 52.8 Å². The largest absolute Gasteiger partial charge is 0.435 e. The van der Waals surface area contributed by atoms with E-state index in [1.165, 1.54) is 29.2 Å². The number of halogens is 3. The van der Waals surface area contributed by atoms with Gasteiger partial charge < -0.3 is 20.9 Å². The summed E-state index contributed by atoms with van der Waals surface area (Å²) in [7, 11) is 0. The van der Waals surface area contributed by atoms with E-state index in [4.69, 9.17) is 5.73 Å². The Morgan fingerprint density at radius 1 is 1.10 bits per heavy atom. The van der Waals surface area contributed by atoms with E-state index in [1.807, 2.05) is 13.8 Å². The minimum atomic E-state index is -4.78.